The minimum absolute atomic E-state index is 0. The Labute approximate surface area is 224 Å². The normalized spacial score (nSPS) is 16.3. The molecule has 2 atom stereocenters. The summed E-state index contributed by atoms with van der Waals surface area (Å²) in [6, 6.07) is 38.6. The summed E-state index contributed by atoms with van der Waals surface area (Å²) in [5.41, 5.74) is 5.19. The Balaban J connectivity index is 0.00000289. The molecule has 0 spiro atoms. The van der Waals surface area contributed by atoms with Gasteiger partial charge in [-0.1, -0.05) is 108 Å². The molecule has 4 aromatic rings. The zero-order valence-corrected chi connectivity index (χ0v) is 21.8. The third-order valence-corrected chi connectivity index (χ3v) is 7.19. The molecule has 0 bridgehead atoms. The van der Waals surface area contributed by atoms with Crippen LogP contribution < -0.4 is 0 Å². The van der Waals surface area contributed by atoms with Crippen LogP contribution in [-0.2, 0) is 0 Å². The van der Waals surface area contributed by atoms with Gasteiger partial charge in [0.15, 0.2) is 0 Å². The minimum Gasteiger partial charge on any atom is -0.290 e. The smallest absolute Gasteiger partial charge is 0.0602 e. The molecule has 0 amide bonds. The van der Waals surface area contributed by atoms with Crippen molar-refractivity contribution in [3.63, 3.8) is 0 Å². The number of nitrogens with zero attached hydrogens (tertiary/aromatic N) is 2. The molecule has 1 aliphatic rings. The van der Waals surface area contributed by atoms with Gasteiger partial charge in [0.1, 0.15) is 0 Å². The summed E-state index contributed by atoms with van der Waals surface area (Å²) in [5.74, 6) is 0. The van der Waals surface area contributed by atoms with E-state index in [1.54, 1.807) is 0 Å². The maximum atomic E-state index is 6.20. The minimum atomic E-state index is 0. The van der Waals surface area contributed by atoms with Gasteiger partial charge in [-0.2, -0.15) is 0 Å². The highest BCUT2D eigenvalue weighted by Crippen LogP contribution is 2.34. The Hall–Kier alpha value is -2.33. The molecular formula is C30H29Cl3N2. The molecule has 0 N–H and O–H groups in total. The molecule has 2 nitrogen and oxygen atoms in total. The van der Waals surface area contributed by atoms with Crippen molar-refractivity contribution in [2.24, 2.45) is 0 Å². The maximum Gasteiger partial charge on any atom is 0.0602 e. The fourth-order valence-electron chi connectivity index (χ4n) is 5.04. The van der Waals surface area contributed by atoms with Gasteiger partial charge in [0, 0.05) is 36.2 Å². The van der Waals surface area contributed by atoms with Crippen LogP contribution in [0.4, 0.5) is 0 Å². The van der Waals surface area contributed by atoms with Crippen LogP contribution in [0.5, 0.6) is 0 Å². The van der Waals surface area contributed by atoms with E-state index >= 15 is 0 Å². The Morgan fingerprint density at radius 3 is 1.03 bits per heavy atom. The lowest BCUT2D eigenvalue weighted by Gasteiger charge is -2.43. The standard InChI is InChI=1S/C30H28Cl2N2.ClH/c31-27-15-11-25(12-16-27)29(23-7-3-1-4-8-23)33-19-21-34(22-20-33)30(24-9-5-2-6-10-24)26-13-17-28(32)18-14-26;/h1-18,29-30H,19-22H2;1H. The van der Waals surface area contributed by atoms with E-state index in [0.717, 1.165) is 36.2 Å². The van der Waals surface area contributed by atoms with Gasteiger partial charge in [0.25, 0.3) is 0 Å². The van der Waals surface area contributed by atoms with Gasteiger partial charge in [-0.15, -0.1) is 12.4 Å². The molecule has 5 rings (SSSR count). The zero-order valence-electron chi connectivity index (χ0n) is 19.4. The molecule has 1 saturated heterocycles. The Morgan fingerprint density at radius 2 is 0.714 bits per heavy atom. The van der Waals surface area contributed by atoms with Crippen LogP contribution in [0.3, 0.4) is 0 Å². The lowest BCUT2D eigenvalue weighted by atomic mass is 9.94. The quantitative estimate of drug-likeness (QED) is 0.253. The molecule has 2 unspecified atom stereocenters. The molecule has 5 heteroatoms. The van der Waals surface area contributed by atoms with Crippen molar-refractivity contribution in [2.45, 2.75) is 12.1 Å². The average molecular weight is 524 g/mol. The number of piperazine rings is 1. The summed E-state index contributed by atoms with van der Waals surface area (Å²) < 4.78 is 0. The van der Waals surface area contributed by atoms with E-state index in [1.807, 2.05) is 24.3 Å². The number of hydrogen-bond donors (Lipinski definition) is 0. The second-order valence-corrected chi connectivity index (χ2v) is 9.67. The Morgan fingerprint density at radius 1 is 0.429 bits per heavy atom. The van der Waals surface area contributed by atoms with Crippen molar-refractivity contribution >= 4 is 35.6 Å². The lowest BCUT2D eigenvalue weighted by molar-refractivity contribution is 0.0898. The highest BCUT2D eigenvalue weighted by atomic mass is 35.5. The van der Waals surface area contributed by atoms with E-state index in [1.165, 1.54) is 22.3 Å². The van der Waals surface area contributed by atoms with Crippen molar-refractivity contribution in [1.82, 2.24) is 9.80 Å². The predicted octanol–water partition coefficient (Wildman–Crippen LogP) is 7.91. The highest BCUT2D eigenvalue weighted by molar-refractivity contribution is 6.30. The molecule has 180 valence electrons. The van der Waals surface area contributed by atoms with E-state index in [0.29, 0.717) is 0 Å². The van der Waals surface area contributed by atoms with Gasteiger partial charge in [-0.3, -0.25) is 9.80 Å². The van der Waals surface area contributed by atoms with Gasteiger partial charge < -0.3 is 0 Å². The van der Waals surface area contributed by atoms with Crippen LogP contribution in [0.2, 0.25) is 10.0 Å². The molecular weight excluding hydrogens is 495 g/mol. The number of rotatable bonds is 6. The van der Waals surface area contributed by atoms with Crippen molar-refractivity contribution in [3.8, 4) is 0 Å². The molecule has 4 aromatic carbocycles. The first-order valence-electron chi connectivity index (χ1n) is 11.8. The first-order valence-corrected chi connectivity index (χ1v) is 12.5. The van der Waals surface area contributed by atoms with E-state index in [2.05, 4.69) is 94.7 Å². The van der Waals surface area contributed by atoms with Gasteiger partial charge in [-0.25, -0.2) is 0 Å². The van der Waals surface area contributed by atoms with Crippen LogP contribution in [0.25, 0.3) is 0 Å². The summed E-state index contributed by atoms with van der Waals surface area (Å²) in [5, 5.41) is 1.54. The number of benzene rings is 4. The largest absolute Gasteiger partial charge is 0.290 e. The van der Waals surface area contributed by atoms with E-state index in [-0.39, 0.29) is 24.5 Å². The summed E-state index contributed by atoms with van der Waals surface area (Å²) >= 11 is 12.4. The van der Waals surface area contributed by atoms with E-state index in [4.69, 9.17) is 23.2 Å². The lowest BCUT2D eigenvalue weighted by Crippen LogP contribution is -2.49. The third-order valence-electron chi connectivity index (χ3n) is 6.68. The van der Waals surface area contributed by atoms with Crippen molar-refractivity contribution in [2.75, 3.05) is 26.2 Å². The maximum absolute atomic E-state index is 6.20. The van der Waals surface area contributed by atoms with Gasteiger partial charge in [0.05, 0.1) is 12.1 Å². The molecule has 1 heterocycles. The van der Waals surface area contributed by atoms with Gasteiger partial charge in [0.2, 0.25) is 0 Å². The van der Waals surface area contributed by atoms with Gasteiger partial charge in [-0.05, 0) is 46.5 Å². The van der Waals surface area contributed by atoms with Crippen molar-refractivity contribution < 1.29 is 0 Å². The molecule has 1 aliphatic heterocycles. The van der Waals surface area contributed by atoms with Crippen molar-refractivity contribution in [1.29, 1.82) is 0 Å². The van der Waals surface area contributed by atoms with Crippen LogP contribution in [0.1, 0.15) is 34.3 Å². The molecule has 35 heavy (non-hydrogen) atoms. The molecule has 0 aromatic heterocycles. The van der Waals surface area contributed by atoms with E-state index in [9.17, 15) is 0 Å². The SMILES string of the molecule is Cl.Clc1ccc(C(c2ccccc2)N2CCN(C(c3ccccc3)c3ccc(Cl)cc3)CC2)cc1. The van der Waals surface area contributed by atoms with Gasteiger partial charge >= 0.3 is 0 Å². The van der Waals surface area contributed by atoms with Crippen LogP contribution in [0, 0.1) is 0 Å². The first-order chi connectivity index (χ1) is 16.7. The van der Waals surface area contributed by atoms with Crippen molar-refractivity contribution in [3.05, 3.63) is 141 Å². The molecule has 0 radical (unpaired) electrons. The third kappa shape index (κ3) is 6.09. The Kier molecular flexibility index (Phi) is 8.89. The second kappa shape index (κ2) is 12.1. The Bertz CT molecular complexity index is 1080. The fourth-order valence-corrected chi connectivity index (χ4v) is 5.29. The zero-order chi connectivity index (χ0) is 23.3. The number of halogens is 3. The topological polar surface area (TPSA) is 6.48 Å². The highest BCUT2D eigenvalue weighted by Gasteiger charge is 2.30. The molecule has 0 saturated carbocycles. The fraction of sp³-hybridized carbons (Fsp3) is 0.200. The monoisotopic (exact) mass is 522 g/mol. The predicted molar refractivity (Wildman–Crippen MR) is 150 cm³/mol. The summed E-state index contributed by atoms with van der Waals surface area (Å²) in [6.07, 6.45) is 0. The van der Waals surface area contributed by atoms with Crippen LogP contribution >= 0.6 is 35.6 Å². The average Bonchev–Trinajstić information content (AvgIpc) is 2.89. The number of hydrogen-bond acceptors (Lipinski definition) is 2. The van der Waals surface area contributed by atoms with Crippen LogP contribution in [-0.4, -0.2) is 36.0 Å². The summed E-state index contributed by atoms with van der Waals surface area (Å²) in [7, 11) is 0. The second-order valence-electron chi connectivity index (χ2n) is 8.80. The van der Waals surface area contributed by atoms with Crippen LogP contribution in [0.15, 0.2) is 109 Å². The summed E-state index contributed by atoms with van der Waals surface area (Å²) in [4.78, 5) is 5.19. The molecule has 0 aliphatic carbocycles. The first kappa shape index (κ1) is 25.8. The summed E-state index contributed by atoms with van der Waals surface area (Å²) in [6.45, 7) is 3.94. The molecule has 1 fully saturated rings. The van der Waals surface area contributed by atoms with E-state index < -0.39 is 0 Å².